The minimum Gasteiger partial charge on any atom is -0.461 e. The summed E-state index contributed by atoms with van der Waals surface area (Å²) in [6.07, 6.45) is 8.86. The molecule has 4 aromatic carbocycles. The highest BCUT2D eigenvalue weighted by Gasteiger charge is 2.31. The number of piperazine rings is 2. The second-order valence-electron chi connectivity index (χ2n) is 29.9. The molecule has 0 spiro atoms. The van der Waals surface area contributed by atoms with Gasteiger partial charge in [0.15, 0.2) is 0 Å². The van der Waals surface area contributed by atoms with E-state index in [0.29, 0.717) is 73.5 Å². The third-order valence-corrected chi connectivity index (χ3v) is 18.7. The minimum absolute atomic E-state index is 0.0508. The van der Waals surface area contributed by atoms with Gasteiger partial charge in [-0.1, -0.05) is 77.9 Å². The number of aromatic nitrogens is 8. The Balaban J connectivity index is 0.000000212. The van der Waals surface area contributed by atoms with Gasteiger partial charge >= 0.3 is 12.1 Å². The number of hydrogen-bond donors (Lipinski definition) is 2. The van der Waals surface area contributed by atoms with Gasteiger partial charge in [0, 0.05) is 144 Å². The SMILES string of the molecule is CC(=O)OCc1c(-c2cc(N(C(=O)OC(C)(C)C)c3ccc(CN4CCN(C)CC4)cn3)c(=O)n(C)c2)cccc1-n1ncc2cc(C(C)(C)C)cc(F)c2c1=O.CN1CCN(Cc2ccc(Nc3cc(-c4cccc(-n5ncc6cc(C(C)(C)C)cc(F)c6c5=O)c4CO)cn(C)c3=O)nc2)CC1. The Morgan fingerprint density at radius 3 is 1.51 bits per heavy atom. The molecule has 2 aliphatic heterocycles. The summed E-state index contributed by atoms with van der Waals surface area (Å²) in [5, 5.41) is 23.1. The summed E-state index contributed by atoms with van der Waals surface area (Å²) >= 11 is 0. The van der Waals surface area contributed by atoms with Crippen molar-refractivity contribution in [1.29, 1.82) is 0 Å². The summed E-state index contributed by atoms with van der Waals surface area (Å²) in [6, 6.07) is 27.2. The Labute approximate surface area is 602 Å². The summed E-state index contributed by atoms with van der Waals surface area (Å²) in [5.41, 5.74) is 3.53. The number of carbonyl (C=O) groups excluding carboxylic acids is 2. The van der Waals surface area contributed by atoms with Crippen molar-refractivity contribution < 1.29 is 33.0 Å². The average Bonchev–Trinajstić information content (AvgIpc) is 0.768. The largest absolute Gasteiger partial charge is 0.461 e. The van der Waals surface area contributed by atoms with Crippen molar-refractivity contribution in [3.8, 4) is 33.6 Å². The van der Waals surface area contributed by atoms with E-state index in [1.165, 1.54) is 46.7 Å². The molecule has 2 saturated heterocycles. The van der Waals surface area contributed by atoms with Gasteiger partial charge < -0.3 is 38.8 Å². The molecule has 0 radical (unpaired) electrons. The van der Waals surface area contributed by atoms with Gasteiger partial charge in [-0.25, -0.2) is 28.4 Å². The van der Waals surface area contributed by atoms with Crippen LogP contribution in [0.25, 0.3) is 55.2 Å². The van der Waals surface area contributed by atoms with Crippen molar-refractivity contribution in [2.24, 2.45) is 14.1 Å². The molecule has 2 aliphatic rings. The molecule has 0 aliphatic carbocycles. The van der Waals surface area contributed by atoms with Crippen molar-refractivity contribution in [2.45, 2.75) is 112 Å². The topological polar surface area (TPSA) is 241 Å². The molecule has 2 N–H and O–H groups in total. The van der Waals surface area contributed by atoms with Crippen LogP contribution in [0.1, 0.15) is 103 Å². The van der Waals surface area contributed by atoms with Gasteiger partial charge in [-0.15, -0.1) is 0 Å². The van der Waals surface area contributed by atoms with Crippen LogP contribution in [0.15, 0.2) is 153 Å². The van der Waals surface area contributed by atoms with E-state index in [-0.39, 0.29) is 51.0 Å². The number of aliphatic hydroxyl groups is 1. The van der Waals surface area contributed by atoms with Crippen LogP contribution in [0.5, 0.6) is 0 Å². The Kier molecular flexibility index (Phi) is 21.9. The van der Waals surface area contributed by atoms with Crippen molar-refractivity contribution in [3.05, 3.63) is 221 Å². The zero-order chi connectivity index (χ0) is 74.9. The molecule has 0 bridgehead atoms. The van der Waals surface area contributed by atoms with E-state index in [0.717, 1.165) is 89.9 Å². The molecule has 1 amide bonds. The summed E-state index contributed by atoms with van der Waals surface area (Å²) in [6.45, 7) is 26.9. The van der Waals surface area contributed by atoms with E-state index >= 15 is 8.78 Å². The van der Waals surface area contributed by atoms with Crippen LogP contribution in [0.4, 0.5) is 36.6 Å². The first kappa shape index (κ1) is 74.7. The standard InChI is InChI=1S/C43H50FN7O6.C36H40FN7O3/c1-27(52)56-26-33-32(11-10-12-35(33)51-40(54)38-29(23-46-51)19-31(21-34(38)44)42(2,3)4)30-20-36(39(53)48(9)25-30)50(41(55)57-43(5,6)7)37-14-13-28(22-45-37)24-49-17-15-47(8)16-18-49;1-36(2,3)26-15-24-19-39-44(35(47)33(24)29(37)17-26)31-8-6-7-27(28(31)22-45)25-16-30(34(46)42(5)21-25)40-32-10-9-23(18-38-32)20-43-13-11-41(4)12-14-43/h10-14,19-23,25H,15-18,24,26H2,1-9H3;6-10,15-19,21,45H,11-14,20,22H2,1-5H3,(H,38,40). The third-order valence-electron chi connectivity index (χ3n) is 18.7. The lowest BCUT2D eigenvalue weighted by molar-refractivity contribution is -0.142. The maximum Gasteiger partial charge on any atom is 0.420 e. The van der Waals surface area contributed by atoms with Crippen molar-refractivity contribution >= 4 is 56.6 Å². The molecule has 6 aromatic heterocycles. The van der Waals surface area contributed by atoms with Crippen LogP contribution in [-0.2, 0) is 65.5 Å². The van der Waals surface area contributed by atoms with Crippen LogP contribution in [-0.4, -0.2) is 147 Å². The first-order valence-electron chi connectivity index (χ1n) is 34.6. The first-order valence-corrected chi connectivity index (χ1v) is 34.6. The number of aryl methyl sites for hydroxylation is 2. The number of likely N-dealkylation sites (N-methyl/N-ethyl adjacent to an activating group) is 2. The second kappa shape index (κ2) is 30.5. The number of esters is 1. The summed E-state index contributed by atoms with van der Waals surface area (Å²) in [7, 11) is 7.43. The lowest BCUT2D eigenvalue weighted by Crippen LogP contribution is -2.43. The predicted molar refractivity (Wildman–Crippen MR) is 400 cm³/mol. The summed E-state index contributed by atoms with van der Waals surface area (Å²) < 4.78 is 47.3. The molecule has 0 unspecified atom stereocenters. The average molecular weight is 1420 g/mol. The number of benzene rings is 4. The molecular weight excluding hydrogens is 1330 g/mol. The molecule has 23 nitrogen and oxygen atoms in total. The number of ether oxygens (including phenoxy) is 2. The number of carbonyl (C=O) groups is 2. The summed E-state index contributed by atoms with van der Waals surface area (Å²) in [4.78, 5) is 101. The number of hydrogen-bond acceptors (Lipinski definition) is 18. The van der Waals surface area contributed by atoms with Crippen LogP contribution >= 0.6 is 0 Å². The second-order valence-corrected chi connectivity index (χ2v) is 29.9. The molecule has 0 saturated carbocycles. The van der Waals surface area contributed by atoms with E-state index < -0.39 is 52.6 Å². The van der Waals surface area contributed by atoms with E-state index in [9.17, 15) is 33.9 Å². The van der Waals surface area contributed by atoms with E-state index in [2.05, 4.69) is 59.2 Å². The third kappa shape index (κ3) is 16.8. The van der Waals surface area contributed by atoms with E-state index in [4.69, 9.17) is 9.47 Å². The number of aliphatic hydroxyl groups excluding tert-OH is 1. The van der Waals surface area contributed by atoms with Gasteiger partial charge in [-0.2, -0.15) is 19.6 Å². The minimum atomic E-state index is -0.904. The van der Waals surface area contributed by atoms with Crippen LogP contribution < -0.4 is 32.5 Å². The Hall–Kier alpha value is -10.4. The molecule has 0 atom stereocenters. The number of pyridine rings is 4. The highest BCUT2D eigenvalue weighted by Crippen LogP contribution is 2.36. The lowest BCUT2D eigenvalue weighted by Gasteiger charge is -2.32. The number of nitrogens with zero attached hydrogens (tertiary/aromatic N) is 13. The normalized spacial score (nSPS) is 14.3. The maximum absolute atomic E-state index is 15.7. The smallest absolute Gasteiger partial charge is 0.420 e. The lowest BCUT2D eigenvalue weighted by atomic mass is 9.86. The number of anilines is 4. The highest BCUT2D eigenvalue weighted by atomic mass is 19.1. The zero-order valence-electron chi connectivity index (χ0n) is 61.5. The van der Waals surface area contributed by atoms with Gasteiger partial charge in [-0.3, -0.25) is 33.8 Å². The van der Waals surface area contributed by atoms with Gasteiger partial charge in [0.2, 0.25) is 0 Å². The van der Waals surface area contributed by atoms with Crippen molar-refractivity contribution in [2.75, 3.05) is 76.7 Å². The Bertz CT molecular complexity index is 5130. The number of fused-ring (bicyclic) bond motifs is 2. The molecule has 12 rings (SSSR count). The number of halogens is 2. The molecule has 544 valence electrons. The van der Waals surface area contributed by atoms with Crippen LogP contribution in [0.3, 0.4) is 0 Å². The summed E-state index contributed by atoms with van der Waals surface area (Å²) in [5.74, 6) is -1.17. The van der Waals surface area contributed by atoms with E-state index in [1.54, 1.807) is 114 Å². The Morgan fingerprint density at radius 1 is 0.567 bits per heavy atom. The number of rotatable bonds is 15. The monoisotopic (exact) mass is 1420 g/mol. The molecular formula is C79H90F2N14O9. The van der Waals surface area contributed by atoms with Crippen molar-refractivity contribution in [1.82, 2.24) is 58.3 Å². The van der Waals surface area contributed by atoms with Gasteiger partial charge in [0.25, 0.3) is 22.2 Å². The van der Waals surface area contributed by atoms with Gasteiger partial charge in [-0.05, 0) is 140 Å². The molecule has 25 heteroatoms. The van der Waals surface area contributed by atoms with Crippen molar-refractivity contribution in [3.63, 3.8) is 0 Å². The molecule has 104 heavy (non-hydrogen) atoms. The highest BCUT2D eigenvalue weighted by molar-refractivity contribution is 5.96. The predicted octanol–water partition coefficient (Wildman–Crippen LogP) is 11.0. The molecule has 8 heterocycles. The zero-order valence-corrected chi connectivity index (χ0v) is 61.5. The fourth-order valence-electron chi connectivity index (χ4n) is 12.7. The molecule has 2 fully saturated rings. The molecule has 10 aromatic rings. The van der Waals surface area contributed by atoms with Gasteiger partial charge in [0.05, 0.1) is 41.1 Å². The van der Waals surface area contributed by atoms with Crippen LogP contribution in [0.2, 0.25) is 0 Å². The van der Waals surface area contributed by atoms with E-state index in [1.807, 2.05) is 65.9 Å². The van der Waals surface area contributed by atoms with Crippen LogP contribution in [0, 0.1) is 11.6 Å². The fourth-order valence-corrected chi connectivity index (χ4v) is 12.7. The first-order chi connectivity index (χ1) is 49.2. The van der Waals surface area contributed by atoms with Gasteiger partial charge in [0.1, 0.15) is 46.9 Å². The fraction of sp³-hybridized carbons (Fsp3) is 0.367. The quantitative estimate of drug-likeness (QED) is 0.0907. The Morgan fingerprint density at radius 2 is 1.05 bits per heavy atom. The maximum atomic E-state index is 15.7. The number of nitrogens with one attached hydrogen (secondary N) is 1. The number of amides is 1.